The summed E-state index contributed by atoms with van der Waals surface area (Å²) in [6.07, 6.45) is 0.734. The summed E-state index contributed by atoms with van der Waals surface area (Å²) in [5.41, 5.74) is 2.61. The molecule has 0 saturated carbocycles. The lowest BCUT2D eigenvalue weighted by Gasteiger charge is -2.19. The Morgan fingerprint density at radius 2 is 1.48 bits per heavy atom. The van der Waals surface area contributed by atoms with Gasteiger partial charge in [-0.1, -0.05) is 53.5 Å². The van der Waals surface area contributed by atoms with Crippen molar-refractivity contribution in [2.75, 3.05) is 6.54 Å². The highest BCUT2D eigenvalue weighted by atomic mass is 35.5. The summed E-state index contributed by atoms with van der Waals surface area (Å²) in [5.74, 6) is -0.395. The molecule has 3 aromatic carbocycles. The lowest BCUT2D eigenvalue weighted by molar-refractivity contribution is -0.123. The van der Waals surface area contributed by atoms with Crippen LogP contribution in [0.1, 0.15) is 5.56 Å². The van der Waals surface area contributed by atoms with Crippen molar-refractivity contribution in [1.82, 2.24) is 9.47 Å². The Bertz CT molecular complexity index is 1370. The molecule has 5 nitrogen and oxygen atoms in total. The van der Waals surface area contributed by atoms with Crippen LogP contribution in [0.25, 0.3) is 27.9 Å². The van der Waals surface area contributed by atoms with Crippen LogP contribution in [-0.4, -0.2) is 38.4 Å². The highest BCUT2D eigenvalue weighted by molar-refractivity contribution is 8.18. The number of aromatic nitrogens is 1. The molecule has 4 aromatic rings. The largest absolute Gasteiger partial charge is 0.389 e. The molecule has 1 aromatic heterocycles. The number of halogens is 2. The first-order chi connectivity index (χ1) is 15.9. The molecule has 1 fully saturated rings. The first-order valence-corrected chi connectivity index (χ1v) is 11.8. The molecule has 33 heavy (non-hydrogen) atoms. The van der Waals surface area contributed by atoms with Gasteiger partial charge in [0, 0.05) is 31.9 Å². The SMILES string of the molecule is O=C1S/C(=C/c2ccccc2)C(=O)N1C[C@H](O)Cn1c2ccc(Cl)cc2c2cc(Cl)ccc21. The summed E-state index contributed by atoms with van der Waals surface area (Å²) in [7, 11) is 0. The van der Waals surface area contributed by atoms with Crippen molar-refractivity contribution in [2.24, 2.45) is 0 Å². The first kappa shape index (κ1) is 22.0. The highest BCUT2D eigenvalue weighted by Gasteiger charge is 2.36. The van der Waals surface area contributed by atoms with Gasteiger partial charge in [0.1, 0.15) is 0 Å². The predicted molar refractivity (Wildman–Crippen MR) is 135 cm³/mol. The average Bonchev–Trinajstić information content (AvgIpc) is 3.22. The molecular formula is C25H18Cl2N2O3S. The molecule has 0 spiro atoms. The zero-order valence-electron chi connectivity index (χ0n) is 17.2. The molecular weight excluding hydrogens is 479 g/mol. The number of thioether (sulfide) groups is 1. The third-order valence-electron chi connectivity index (χ3n) is 5.55. The third-order valence-corrected chi connectivity index (χ3v) is 6.92. The average molecular weight is 497 g/mol. The van der Waals surface area contributed by atoms with E-state index in [9.17, 15) is 14.7 Å². The van der Waals surface area contributed by atoms with Crippen LogP contribution in [0.2, 0.25) is 10.0 Å². The van der Waals surface area contributed by atoms with E-state index in [1.807, 2.05) is 59.2 Å². The van der Waals surface area contributed by atoms with E-state index >= 15 is 0 Å². The van der Waals surface area contributed by atoms with Crippen molar-refractivity contribution < 1.29 is 14.7 Å². The van der Waals surface area contributed by atoms with Gasteiger partial charge in [-0.05, 0) is 59.8 Å². The van der Waals surface area contributed by atoms with E-state index in [-0.39, 0.29) is 18.3 Å². The fraction of sp³-hybridized carbons (Fsp3) is 0.120. The highest BCUT2D eigenvalue weighted by Crippen LogP contribution is 2.34. The molecule has 0 unspecified atom stereocenters. The van der Waals surface area contributed by atoms with Gasteiger partial charge in [-0.2, -0.15) is 0 Å². The van der Waals surface area contributed by atoms with Gasteiger partial charge in [0.2, 0.25) is 0 Å². The van der Waals surface area contributed by atoms with Crippen LogP contribution in [0.15, 0.2) is 71.6 Å². The Labute approximate surface area is 204 Å². The van der Waals surface area contributed by atoms with Crippen LogP contribution in [-0.2, 0) is 11.3 Å². The number of β-amino-alcohol motifs (C(OH)–C–C–N with tert-alkyl or cyclic N) is 1. The molecule has 0 bridgehead atoms. The van der Waals surface area contributed by atoms with Gasteiger partial charge in [0.05, 0.1) is 24.1 Å². The van der Waals surface area contributed by atoms with Gasteiger partial charge >= 0.3 is 0 Å². The number of amides is 2. The number of benzene rings is 3. The Morgan fingerprint density at radius 1 is 0.879 bits per heavy atom. The van der Waals surface area contributed by atoms with Gasteiger partial charge in [0.15, 0.2) is 0 Å². The molecule has 2 heterocycles. The second-order valence-corrected chi connectivity index (χ2v) is 9.66. The summed E-state index contributed by atoms with van der Waals surface area (Å²) in [6, 6.07) is 20.4. The predicted octanol–water partition coefficient (Wildman–Crippen LogP) is 6.20. The second-order valence-electron chi connectivity index (χ2n) is 7.79. The number of carbonyl (C=O) groups is 2. The van der Waals surface area contributed by atoms with E-state index in [1.165, 1.54) is 0 Å². The minimum Gasteiger partial charge on any atom is -0.389 e. The van der Waals surface area contributed by atoms with Crippen molar-refractivity contribution in [3.8, 4) is 0 Å². The first-order valence-electron chi connectivity index (χ1n) is 10.3. The molecule has 0 radical (unpaired) electrons. The fourth-order valence-corrected chi connectivity index (χ4v) is 5.27. The lowest BCUT2D eigenvalue weighted by atomic mass is 10.1. The van der Waals surface area contributed by atoms with Crippen molar-refractivity contribution in [3.05, 3.63) is 87.2 Å². The minimum atomic E-state index is -0.959. The Morgan fingerprint density at radius 3 is 2.09 bits per heavy atom. The fourth-order valence-electron chi connectivity index (χ4n) is 4.08. The van der Waals surface area contributed by atoms with Gasteiger partial charge in [-0.15, -0.1) is 0 Å². The summed E-state index contributed by atoms with van der Waals surface area (Å²) in [4.78, 5) is 26.8. The van der Waals surface area contributed by atoms with E-state index < -0.39 is 12.0 Å². The van der Waals surface area contributed by atoms with Gasteiger partial charge in [-0.25, -0.2) is 0 Å². The van der Waals surface area contributed by atoms with Crippen LogP contribution in [0, 0.1) is 0 Å². The lowest BCUT2D eigenvalue weighted by Crippen LogP contribution is -2.37. The smallest absolute Gasteiger partial charge is 0.293 e. The maximum atomic E-state index is 12.8. The molecule has 8 heteroatoms. The summed E-state index contributed by atoms with van der Waals surface area (Å²) in [6.45, 7) is 0.0991. The van der Waals surface area contributed by atoms with Crippen LogP contribution in [0.3, 0.4) is 0 Å². The van der Waals surface area contributed by atoms with Crippen molar-refractivity contribution in [1.29, 1.82) is 0 Å². The van der Waals surface area contributed by atoms with Crippen molar-refractivity contribution >= 4 is 74.0 Å². The number of aliphatic hydroxyl groups is 1. The third kappa shape index (κ3) is 4.27. The molecule has 5 rings (SSSR count). The van der Waals surface area contributed by atoms with E-state index in [4.69, 9.17) is 23.2 Å². The van der Waals surface area contributed by atoms with Crippen LogP contribution < -0.4 is 0 Å². The summed E-state index contributed by atoms with van der Waals surface area (Å²) >= 11 is 13.3. The van der Waals surface area contributed by atoms with E-state index in [0.29, 0.717) is 15.0 Å². The zero-order valence-corrected chi connectivity index (χ0v) is 19.6. The number of hydrogen-bond donors (Lipinski definition) is 1. The van der Waals surface area contributed by atoms with Crippen molar-refractivity contribution in [3.63, 3.8) is 0 Å². The standard InChI is InChI=1S/C25H18Cl2N2O3S/c26-16-6-8-21-19(11-16)20-12-17(27)7-9-22(20)28(21)13-18(30)14-29-24(31)23(33-25(29)32)10-15-4-2-1-3-5-15/h1-12,18,30H,13-14H2/b23-10+/t18-/m1/s1. The normalized spacial score (nSPS) is 16.5. The Kier molecular flexibility index (Phi) is 5.93. The van der Waals surface area contributed by atoms with Gasteiger partial charge in [0.25, 0.3) is 11.1 Å². The quantitative estimate of drug-likeness (QED) is 0.334. The number of hydrogen-bond acceptors (Lipinski definition) is 4. The second kappa shape index (κ2) is 8.88. The zero-order chi connectivity index (χ0) is 23.1. The molecule has 0 aliphatic carbocycles. The number of nitrogens with zero attached hydrogens (tertiary/aromatic N) is 2. The molecule has 166 valence electrons. The van der Waals surface area contributed by atoms with Gasteiger partial charge in [-0.3, -0.25) is 14.5 Å². The molecule has 1 aliphatic rings. The minimum absolute atomic E-state index is 0.0981. The summed E-state index contributed by atoms with van der Waals surface area (Å²) < 4.78 is 1.96. The number of carbonyl (C=O) groups excluding carboxylic acids is 2. The molecule has 1 N–H and O–H groups in total. The molecule has 2 amide bonds. The number of imide groups is 1. The van der Waals surface area contributed by atoms with Crippen LogP contribution in [0.5, 0.6) is 0 Å². The van der Waals surface area contributed by atoms with E-state index in [2.05, 4.69) is 0 Å². The Hall–Kier alpha value is -2.77. The topological polar surface area (TPSA) is 62.5 Å². The Balaban J connectivity index is 1.41. The van der Waals surface area contributed by atoms with Gasteiger partial charge < -0.3 is 9.67 Å². The van der Waals surface area contributed by atoms with Crippen LogP contribution >= 0.6 is 35.0 Å². The maximum absolute atomic E-state index is 12.8. The van der Waals surface area contributed by atoms with Crippen molar-refractivity contribution in [2.45, 2.75) is 12.6 Å². The van der Waals surface area contributed by atoms with E-state index in [0.717, 1.165) is 44.0 Å². The maximum Gasteiger partial charge on any atom is 0.293 e. The monoisotopic (exact) mass is 496 g/mol. The van der Waals surface area contributed by atoms with E-state index in [1.54, 1.807) is 18.2 Å². The number of rotatable bonds is 5. The molecule has 1 aliphatic heterocycles. The van der Waals surface area contributed by atoms with Crippen LogP contribution in [0.4, 0.5) is 4.79 Å². The number of aliphatic hydroxyl groups excluding tert-OH is 1. The molecule has 1 saturated heterocycles. The molecule has 1 atom stereocenters. The summed E-state index contributed by atoms with van der Waals surface area (Å²) in [5, 5.41) is 13.5. The number of fused-ring (bicyclic) bond motifs is 3.